The molecule has 7 heteroatoms. The quantitative estimate of drug-likeness (QED) is 0.561. The molecule has 0 aliphatic heterocycles. The molecule has 2 atom stereocenters. The highest BCUT2D eigenvalue weighted by atomic mass is 16.5. The molecular formula is C19H21NO6. The second-order valence-electron chi connectivity index (χ2n) is 5.79. The van der Waals surface area contributed by atoms with Gasteiger partial charge in [0.05, 0.1) is 5.56 Å². The normalized spacial score (nSPS) is 12.9. The van der Waals surface area contributed by atoms with E-state index in [0.717, 1.165) is 5.56 Å². The predicted molar refractivity (Wildman–Crippen MR) is 93.7 cm³/mol. The van der Waals surface area contributed by atoms with E-state index in [-0.39, 0.29) is 35.8 Å². The van der Waals surface area contributed by atoms with Crippen LogP contribution in [0.2, 0.25) is 0 Å². The third kappa shape index (κ3) is 5.30. The van der Waals surface area contributed by atoms with Crippen molar-refractivity contribution in [2.75, 3.05) is 6.54 Å². The number of aliphatic hydroxyl groups excluding tert-OH is 2. The minimum absolute atomic E-state index is 0.0890. The lowest BCUT2D eigenvalue weighted by atomic mass is 10.0. The number of amides is 1. The Morgan fingerprint density at radius 2 is 1.81 bits per heavy atom. The Hall–Kier alpha value is -2.90. The van der Waals surface area contributed by atoms with Gasteiger partial charge in [0.15, 0.2) is 5.78 Å². The average molecular weight is 359 g/mol. The smallest absolute Gasteiger partial charge is 0.407 e. The molecule has 2 aromatic carbocycles. The van der Waals surface area contributed by atoms with Gasteiger partial charge in [0, 0.05) is 6.54 Å². The number of aliphatic hydroxyl groups is 2. The van der Waals surface area contributed by atoms with Gasteiger partial charge in [-0.2, -0.15) is 0 Å². The summed E-state index contributed by atoms with van der Waals surface area (Å²) in [6.07, 6.45) is -3.40. The van der Waals surface area contributed by atoms with Crippen LogP contribution in [0.5, 0.6) is 5.75 Å². The van der Waals surface area contributed by atoms with Crippen molar-refractivity contribution < 1.29 is 29.6 Å². The second-order valence-corrected chi connectivity index (χ2v) is 5.79. The van der Waals surface area contributed by atoms with Crippen LogP contribution in [0.15, 0.2) is 48.5 Å². The first-order valence-electron chi connectivity index (χ1n) is 8.03. The molecule has 0 aromatic heterocycles. The van der Waals surface area contributed by atoms with Crippen molar-refractivity contribution in [3.63, 3.8) is 0 Å². The molecule has 7 nitrogen and oxygen atoms in total. The topological polar surface area (TPSA) is 116 Å². The van der Waals surface area contributed by atoms with Gasteiger partial charge in [-0.1, -0.05) is 36.4 Å². The number of nitrogens with one attached hydrogen (secondary N) is 1. The fourth-order valence-electron chi connectivity index (χ4n) is 2.33. The molecule has 0 bridgehead atoms. The molecule has 1 amide bonds. The van der Waals surface area contributed by atoms with Crippen LogP contribution in [0.1, 0.15) is 34.5 Å². The van der Waals surface area contributed by atoms with Crippen molar-refractivity contribution in [1.29, 1.82) is 0 Å². The van der Waals surface area contributed by atoms with Gasteiger partial charge in [0.25, 0.3) is 0 Å². The Morgan fingerprint density at radius 3 is 2.42 bits per heavy atom. The molecule has 0 aliphatic carbocycles. The van der Waals surface area contributed by atoms with E-state index < -0.39 is 18.3 Å². The number of phenolic OH excluding ortho intramolecular Hbond substituents is 1. The number of benzene rings is 2. The Labute approximate surface area is 150 Å². The van der Waals surface area contributed by atoms with Gasteiger partial charge < -0.3 is 25.4 Å². The molecule has 4 N–H and O–H groups in total. The highest BCUT2D eigenvalue weighted by molar-refractivity contribution is 5.96. The summed E-state index contributed by atoms with van der Waals surface area (Å²) < 4.78 is 5.00. The zero-order valence-electron chi connectivity index (χ0n) is 14.3. The summed E-state index contributed by atoms with van der Waals surface area (Å²) in [6.45, 7) is 1.15. The van der Waals surface area contributed by atoms with Gasteiger partial charge in [-0.3, -0.25) is 4.79 Å². The number of carbonyl (C=O) groups is 2. The standard InChI is InChI=1S/C19H21NO6/c1-12(21)15-8-7-14(9-16(15)22)18(24)17(23)10-20-19(25)26-11-13-5-3-2-4-6-13/h2-9,17-18,22-24H,10-11H2,1H3,(H,20,25). The van der Waals surface area contributed by atoms with Gasteiger partial charge in [-0.25, -0.2) is 4.79 Å². The second kappa shape index (κ2) is 8.98. The summed E-state index contributed by atoms with van der Waals surface area (Å²) in [4.78, 5) is 22.9. The van der Waals surface area contributed by atoms with Crippen molar-refractivity contribution in [2.24, 2.45) is 0 Å². The zero-order chi connectivity index (χ0) is 19.1. The van der Waals surface area contributed by atoms with Crippen LogP contribution in [0.4, 0.5) is 4.79 Å². The monoisotopic (exact) mass is 359 g/mol. The molecule has 2 aromatic rings. The molecule has 138 valence electrons. The molecule has 0 heterocycles. The van der Waals surface area contributed by atoms with Crippen LogP contribution >= 0.6 is 0 Å². The lowest BCUT2D eigenvalue weighted by Crippen LogP contribution is -2.35. The molecule has 2 unspecified atom stereocenters. The SMILES string of the molecule is CC(=O)c1ccc(C(O)C(O)CNC(=O)OCc2ccccc2)cc1O. The van der Waals surface area contributed by atoms with Crippen molar-refractivity contribution >= 4 is 11.9 Å². The predicted octanol–water partition coefficient (Wildman–Crippen LogP) is 1.92. The Morgan fingerprint density at radius 1 is 1.12 bits per heavy atom. The van der Waals surface area contributed by atoms with E-state index in [1.807, 2.05) is 30.3 Å². The van der Waals surface area contributed by atoms with Gasteiger partial charge in [0.2, 0.25) is 0 Å². The van der Waals surface area contributed by atoms with E-state index in [9.17, 15) is 24.9 Å². The van der Waals surface area contributed by atoms with Crippen LogP contribution in [-0.4, -0.2) is 39.8 Å². The van der Waals surface area contributed by atoms with Gasteiger partial charge in [-0.05, 0) is 30.2 Å². The number of rotatable bonds is 7. The molecule has 0 saturated heterocycles. The highest BCUT2D eigenvalue weighted by Gasteiger charge is 2.21. The maximum Gasteiger partial charge on any atom is 0.407 e. The third-order valence-corrected chi connectivity index (χ3v) is 3.78. The number of hydrogen-bond acceptors (Lipinski definition) is 6. The maximum absolute atomic E-state index is 11.7. The van der Waals surface area contributed by atoms with Gasteiger partial charge in [0.1, 0.15) is 24.6 Å². The number of hydrogen-bond donors (Lipinski definition) is 4. The number of aromatic hydroxyl groups is 1. The summed E-state index contributed by atoms with van der Waals surface area (Å²) >= 11 is 0. The van der Waals surface area contributed by atoms with Crippen molar-refractivity contribution in [1.82, 2.24) is 5.32 Å². The number of phenols is 1. The maximum atomic E-state index is 11.7. The van der Waals surface area contributed by atoms with E-state index in [1.54, 1.807) is 0 Å². The number of ether oxygens (including phenoxy) is 1. The van der Waals surface area contributed by atoms with Crippen LogP contribution in [0, 0.1) is 0 Å². The average Bonchev–Trinajstić information content (AvgIpc) is 2.64. The molecule has 0 spiro atoms. The van der Waals surface area contributed by atoms with Gasteiger partial charge in [-0.15, -0.1) is 0 Å². The molecule has 2 rings (SSSR count). The van der Waals surface area contributed by atoms with Crippen LogP contribution < -0.4 is 5.32 Å². The molecular weight excluding hydrogens is 338 g/mol. The summed E-state index contributed by atoms with van der Waals surface area (Å²) in [5.74, 6) is -0.594. The number of ketones is 1. The number of Topliss-reactive ketones (excluding diaryl/α,β-unsaturated/α-hetero) is 1. The summed E-state index contributed by atoms with van der Waals surface area (Å²) in [6, 6.07) is 13.1. The fourth-order valence-corrected chi connectivity index (χ4v) is 2.33. The van der Waals surface area contributed by atoms with E-state index in [0.29, 0.717) is 0 Å². The summed E-state index contributed by atoms with van der Waals surface area (Å²) in [5, 5.41) is 32.3. The van der Waals surface area contributed by atoms with E-state index >= 15 is 0 Å². The van der Waals surface area contributed by atoms with Crippen LogP contribution in [0.3, 0.4) is 0 Å². The first kappa shape index (κ1) is 19.4. The molecule has 26 heavy (non-hydrogen) atoms. The van der Waals surface area contributed by atoms with E-state index in [4.69, 9.17) is 4.74 Å². The molecule has 0 saturated carbocycles. The minimum Gasteiger partial charge on any atom is -0.507 e. The largest absolute Gasteiger partial charge is 0.507 e. The fraction of sp³-hybridized carbons (Fsp3) is 0.263. The lowest BCUT2D eigenvalue weighted by molar-refractivity contribution is 0.0183. The molecule has 0 fully saturated rings. The van der Waals surface area contributed by atoms with Crippen LogP contribution in [-0.2, 0) is 11.3 Å². The lowest BCUT2D eigenvalue weighted by Gasteiger charge is -2.19. The van der Waals surface area contributed by atoms with E-state index in [1.165, 1.54) is 25.1 Å². The number of alkyl carbamates (subject to hydrolysis) is 1. The summed E-state index contributed by atoms with van der Waals surface area (Å²) in [7, 11) is 0. The van der Waals surface area contributed by atoms with Crippen molar-refractivity contribution in [3.05, 3.63) is 65.2 Å². The number of carbonyl (C=O) groups excluding carboxylic acids is 2. The first-order chi connectivity index (χ1) is 12.4. The Bertz CT molecular complexity index is 762. The Kier molecular flexibility index (Phi) is 6.71. The van der Waals surface area contributed by atoms with Crippen LogP contribution in [0.25, 0.3) is 0 Å². The Balaban J connectivity index is 1.84. The van der Waals surface area contributed by atoms with Gasteiger partial charge >= 0.3 is 6.09 Å². The van der Waals surface area contributed by atoms with Crippen molar-refractivity contribution in [2.45, 2.75) is 25.7 Å². The molecule has 0 aliphatic rings. The minimum atomic E-state index is -1.35. The summed E-state index contributed by atoms with van der Waals surface area (Å²) in [5.41, 5.74) is 1.17. The highest BCUT2D eigenvalue weighted by Crippen LogP contribution is 2.25. The molecule has 0 radical (unpaired) electrons. The van der Waals surface area contributed by atoms with Crippen molar-refractivity contribution in [3.8, 4) is 5.75 Å². The first-order valence-corrected chi connectivity index (χ1v) is 8.03. The van der Waals surface area contributed by atoms with E-state index in [2.05, 4.69) is 5.32 Å². The zero-order valence-corrected chi connectivity index (χ0v) is 14.3. The third-order valence-electron chi connectivity index (χ3n) is 3.78.